The van der Waals surface area contributed by atoms with E-state index < -0.39 is 16.8 Å². The zero-order valence-corrected chi connectivity index (χ0v) is 25.5. The molecule has 234 valence electrons. The van der Waals surface area contributed by atoms with Gasteiger partial charge in [0, 0.05) is 72.5 Å². The van der Waals surface area contributed by atoms with Gasteiger partial charge in [0.05, 0.1) is 18.1 Å². The summed E-state index contributed by atoms with van der Waals surface area (Å²) in [5.41, 5.74) is 4.16. The van der Waals surface area contributed by atoms with Crippen molar-refractivity contribution in [1.82, 2.24) is 14.7 Å². The summed E-state index contributed by atoms with van der Waals surface area (Å²) in [7, 11) is 0. The highest BCUT2D eigenvalue weighted by Gasteiger charge is 2.71. The van der Waals surface area contributed by atoms with Crippen LogP contribution in [0.1, 0.15) is 70.6 Å². The topological polar surface area (TPSA) is 88.6 Å². The molecule has 12 aliphatic rings. The molecule has 0 radical (unpaired) electrons. The van der Waals surface area contributed by atoms with Crippen LogP contribution in [0.2, 0.25) is 0 Å². The van der Waals surface area contributed by atoms with Gasteiger partial charge in [-0.05, 0) is 87.7 Å². The number of esters is 3. The minimum Gasteiger partial charge on any atom is -0.450 e. The first kappa shape index (κ1) is 25.4. The smallest absolute Gasteiger partial charge is 0.335 e. The number of ether oxygens (including phenoxy) is 3. The van der Waals surface area contributed by atoms with Crippen molar-refractivity contribution in [2.75, 3.05) is 19.6 Å². The summed E-state index contributed by atoms with van der Waals surface area (Å²) < 4.78 is 19.2. The molecule has 0 aromatic heterocycles. The quantitative estimate of drug-likeness (QED) is 0.347. The number of nitrogens with zero attached hydrogens (tertiary/aromatic N) is 3. The third-order valence-corrected chi connectivity index (χ3v) is 15.0. The van der Waals surface area contributed by atoms with Gasteiger partial charge in [-0.3, -0.25) is 14.7 Å². The Bertz CT molecular complexity index is 1680. The van der Waals surface area contributed by atoms with Crippen molar-refractivity contribution < 1.29 is 28.6 Å². The molecule has 9 aliphatic heterocycles. The second-order valence-corrected chi connectivity index (χ2v) is 16.3. The van der Waals surface area contributed by atoms with E-state index in [1.807, 2.05) is 6.08 Å². The van der Waals surface area contributed by atoms with Crippen molar-refractivity contribution in [1.29, 1.82) is 0 Å². The van der Waals surface area contributed by atoms with E-state index in [0.29, 0.717) is 12.5 Å². The van der Waals surface area contributed by atoms with E-state index in [1.165, 1.54) is 11.1 Å². The predicted molar refractivity (Wildman–Crippen MR) is 158 cm³/mol. The molecule has 9 nitrogen and oxygen atoms in total. The lowest BCUT2D eigenvalue weighted by atomic mass is 9.63. The number of hydrogen-bond acceptors (Lipinski definition) is 9. The fourth-order valence-electron chi connectivity index (χ4n) is 13.8. The summed E-state index contributed by atoms with van der Waals surface area (Å²) in [5, 5.41) is 0. The molecule has 0 aromatic rings. The van der Waals surface area contributed by atoms with Crippen LogP contribution < -0.4 is 0 Å². The summed E-state index contributed by atoms with van der Waals surface area (Å²) >= 11 is 0. The molecule has 2 saturated carbocycles. The first-order chi connectivity index (χ1) is 21.9. The van der Waals surface area contributed by atoms with Gasteiger partial charge in [-0.15, -0.1) is 0 Å². The Balaban J connectivity index is 1.02. The van der Waals surface area contributed by atoms with Crippen molar-refractivity contribution in [3.63, 3.8) is 0 Å². The lowest BCUT2D eigenvalue weighted by molar-refractivity contribution is -0.150. The Kier molecular flexibility index (Phi) is 4.42. The number of carbonyl (C=O) groups excluding carboxylic acids is 3. The molecule has 6 saturated heterocycles. The van der Waals surface area contributed by atoms with Gasteiger partial charge in [0.25, 0.3) is 0 Å². The third kappa shape index (κ3) is 2.71. The van der Waals surface area contributed by atoms with Gasteiger partial charge in [-0.25, -0.2) is 14.4 Å². The molecule has 3 aliphatic carbocycles. The highest BCUT2D eigenvalue weighted by Crippen LogP contribution is 2.65. The van der Waals surface area contributed by atoms with E-state index in [2.05, 4.69) is 20.8 Å². The van der Waals surface area contributed by atoms with E-state index in [0.717, 1.165) is 101 Å². The predicted octanol–water partition coefficient (Wildman–Crippen LogP) is 2.71. The van der Waals surface area contributed by atoms with Crippen LogP contribution in [0.5, 0.6) is 0 Å². The van der Waals surface area contributed by atoms with Crippen LogP contribution in [0, 0.1) is 11.8 Å². The number of carbonyl (C=O) groups is 3. The molecule has 0 amide bonds. The summed E-state index contributed by atoms with van der Waals surface area (Å²) in [6, 6.07) is 1.50. The van der Waals surface area contributed by atoms with E-state index in [4.69, 9.17) is 14.2 Å². The third-order valence-electron chi connectivity index (χ3n) is 15.0. The van der Waals surface area contributed by atoms with Crippen LogP contribution in [-0.4, -0.2) is 105 Å². The van der Waals surface area contributed by atoms with Crippen molar-refractivity contribution in [3.8, 4) is 0 Å². The molecule has 45 heavy (non-hydrogen) atoms. The Morgan fingerprint density at radius 3 is 2.11 bits per heavy atom. The summed E-state index contributed by atoms with van der Waals surface area (Å²) in [6.45, 7) is 3.10. The average Bonchev–Trinajstić information content (AvgIpc) is 3.85. The maximum atomic E-state index is 14.4. The second-order valence-electron chi connectivity index (χ2n) is 16.3. The van der Waals surface area contributed by atoms with Crippen LogP contribution in [0.15, 0.2) is 46.1 Å². The van der Waals surface area contributed by atoms with Crippen LogP contribution in [0.3, 0.4) is 0 Å². The minimum atomic E-state index is -0.541. The van der Waals surface area contributed by atoms with Crippen molar-refractivity contribution in [2.24, 2.45) is 11.8 Å². The SMILES string of the molecule is O=C1C=C2C(C3CC4=C([C@@H]5CC6=CC(=O)O[C@@]67C[C@@H]5N5CCC[C@@H]57)C(=O)O[C@@]45C[C@@H]3N3CCC[C@@H]35)=C[C@@H]3C[C@@]2(O1)[C@H]1CCCN31. The first-order valence-electron chi connectivity index (χ1n) is 17.8. The fraction of sp³-hybridized carbons (Fsp3) is 0.694. The standard InChI is InChI=1S/C36H39N3O6/c40-30-11-18-10-22(26-16-34(18,43-30)27-4-2-9-39(26)27)32-24-13-21(25-17-36(24,45-33(32)42)29-6-3-8-38(25)29)20-12-19-15-35(23(20)14-31(41)44-35)28-5-1-7-37(19)28/h11-12,14,19,21-22,25-29H,1-10,13,15-17H2/t19-,21?,22-,25+,26+,27-,28-,29-,34+,35+,36+/m1/s1. The van der Waals surface area contributed by atoms with Crippen molar-refractivity contribution in [3.05, 3.63) is 46.1 Å². The lowest BCUT2D eigenvalue weighted by Crippen LogP contribution is -2.46. The Hall–Kier alpha value is -2.75. The molecule has 9 heterocycles. The number of hydrogen-bond donors (Lipinski definition) is 0. The van der Waals surface area contributed by atoms with Crippen LogP contribution >= 0.6 is 0 Å². The maximum Gasteiger partial charge on any atom is 0.335 e. The van der Waals surface area contributed by atoms with Gasteiger partial charge in [0.15, 0.2) is 16.8 Å². The van der Waals surface area contributed by atoms with Crippen LogP contribution in [0.25, 0.3) is 0 Å². The largest absolute Gasteiger partial charge is 0.450 e. The van der Waals surface area contributed by atoms with Crippen molar-refractivity contribution >= 4 is 17.9 Å². The Morgan fingerprint density at radius 2 is 1.31 bits per heavy atom. The highest BCUT2D eigenvalue weighted by molar-refractivity contribution is 5.95. The minimum absolute atomic E-state index is 0.0143. The van der Waals surface area contributed by atoms with E-state index in [1.54, 1.807) is 6.08 Å². The summed E-state index contributed by atoms with van der Waals surface area (Å²) in [4.78, 5) is 48.0. The van der Waals surface area contributed by atoms with Gasteiger partial charge in [-0.1, -0.05) is 6.08 Å². The summed E-state index contributed by atoms with van der Waals surface area (Å²) in [6.07, 6.45) is 16.6. The van der Waals surface area contributed by atoms with Gasteiger partial charge in [0.1, 0.15) is 0 Å². The monoisotopic (exact) mass is 609 g/mol. The molecule has 12 rings (SSSR count). The van der Waals surface area contributed by atoms with Gasteiger partial charge in [0.2, 0.25) is 0 Å². The average molecular weight is 610 g/mol. The Labute approximate surface area is 262 Å². The molecule has 1 unspecified atom stereocenters. The molecule has 0 aromatic carbocycles. The molecule has 11 atom stereocenters. The molecule has 8 fully saturated rings. The maximum absolute atomic E-state index is 14.4. The van der Waals surface area contributed by atoms with E-state index >= 15 is 0 Å². The highest BCUT2D eigenvalue weighted by atomic mass is 16.6. The molecule has 9 heteroatoms. The first-order valence-corrected chi connectivity index (χ1v) is 17.8. The second kappa shape index (κ2) is 7.85. The Morgan fingerprint density at radius 1 is 0.667 bits per heavy atom. The zero-order valence-electron chi connectivity index (χ0n) is 25.5. The normalized spacial score (nSPS) is 51.7. The molecule has 0 N–H and O–H groups in total. The van der Waals surface area contributed by atoms with Gasteiger partial charge in [-0.2, -0.15) is 0 Å². The van der Waals surface area contributed by atoms with Gasteiger partial charge < -0.3 is 14.2 Å². The molecular formula is C36H39N3O6. The zero-order chi connectivity index (χ0) is 29.6. The number of fused-ring (bicyclic) bond motifs is 9. The molecule has 3 spiro atoms. The van der Waals surface area contributed by atoms with E-state index in [-0.39, 0.29) is 60.0 Å². The fourth-order valence-corrected chi connectivity index (χ4v) is 13.8. The van der Waals surface area contributed by atoms with Crippen LogP contribution in [0.4, 0.5) is 0 Å². The summed E-state index contributed by atoms with van der Waals surface area (Å²) in [5.74, 6) is -0.300. The van der Waals surface area contributed by atoms with E-state index in [9.17, 15) is 14.4 Å². The van der Waals surface area contributed by atoms with Crippen LogP contribution in [-0.2, 0) is 28.6 Å². The lowest BCUT2D eigenvalue weighted by Gasteiger charge is -2.42. The van der Waals surface area contributed by atoms with Gasteiger partial charge >= 0.3 is 17.9 Å². The van der Waals surface area contributed by atoms with Crippen molar-refractivity contribution in [2.45, 2.75) is 124 Å². The number of rotatable bonds is 2. The molecule has 6 bridgehead atoms. The molecular weight excluding hydrogens is 570 g/mol.